The van der Waals surface area contributed by atoms with E-state index in [0.717, 1.165) is 5.56 Å². The zero-order valence-electron chi connectivity index (χ0n) is 12.3. The van der Waals surface area contributed by atoms with E-state index in [4.69, 9.17) is 11.6 Å². The molecule has 1 aliphatic rings. The van der Waals surface area contributed by atoms with Gasteiger partial charge in [-0.25, -0.2) is 8.42 Å². The summed E-state index contributed by atoms with van der Waals surface area (Å²) in [5.74, 6) is -2.57. The first-order valence-corrected chi connectivity index (χ1v) is 9.03. The lowest BCUT2D eigenvalue weighted by Gasteiger charge is -2.05. The summed E-state index contributed by atoms with van der Waals surface area (Å²) in [5.41, 5.74) is 1.63. The van der Waals surface area contributed by atoms with E-state index < -0.39 is 32.9 Å². The Morgan fingerprint density at radius 1 is 1.04 bits per heavy atom. The summed E-state index contributed by atoms with van der Waals surface area (Å²) in [4.78, 5) is 11.6. The second-order valence-electron chi connectivity index (χ2n) is 5.76. The number of hydrogen-bond donors (Lipinski definition) is 1. The molecule has 23 heavy (non-hydrogen) atoms. The predicted octanol–water partition coefficient (Wildman–Crippen LogP) is 3.29. The first-order chi connectivity index (χ1) is 10.8. The van der Waals surface area contributed by atoms with Crippen molar-refractivity contribution >= 4 is 27.4 Å². The third-order valence-corrected chi connectivity index (χ3v) is 6.69. The van der Waals surface area contributed by atoms with E-state index in [-0.39, 0.29) is 4.90 Å². The highest BCUT2D eigenvalue weighted by molar-refractivity contribution is 7.92. The number of halogens is 1. The Labute approximate surface area is 139 Å². The first-order valence-electron chi connectivity index (χ1n) is 7.11. The molecule has 3 rings (SSSR count). The van der Waals surface area contributed by atoms with Gasteiger partial charge in [0.1, 0.15) is 0 Å². The second-order valence-corrected chi connectivity index (χ2v) is 8.31. The topological polar surface area (TPSA) is 71.4 Å². The van der Waals surface area contributed by atoms with Gasteiger partial charge < -0.3 is 5.11 Å². The third-order valence-electron chi connectivity index (χ3n) is 4.20. The average molecular weight is 351 g/mol. The van der Waals surface area contributed by atoms with Gasteiger partial charge in [0.15, 0.2) is 9.84 Å². The summed E-state index contributed by atoms with van der Waals surface area (Å²) in [5, 5.41) is 8.96. The van der Waals surface area contributed by atoms with Crippen LogP contribution in [-0.4, -0.2) is 24.7 Å². The smallest absolute Gasteiger partial charge is 0.308 e. The molecule has 1 fully saturated rings. The van der Waals surface area contributed by atoms with Crippen LogP contribution >= 0.6 is 11.6 Å². The fourth-order valence-corrected chi connectivity index (χ4v) is 5.18. The Kier molecular flexibility index (Phi) is 3.94. The molecule has 2 aromatic carbocycles. The minimum atomic E-state index is -3.70. The normalized spacial score (nSPS) is 23.5. The molecule has 120 valence electrons. The summed E-state index contributed by atoms with van der Waals surface area (Å²) in [7, 11) is -3.70. The molecule has 6 heteroatoms. The van der Waals surface area contributed by atoms with Gasteiger partial charge in [-0.05, 0) is 36.8 Å². The maximum absolute atomic E-state index is 12.8. The molecule has 2 aromatic rings. The van der Waals surface area contributed by atoms with Gasteiger partial charge >= 0.3 is 5.97 Å². The Hall–Kier alpha value is -1.85. The average Bonchev–Trinajstić information content (AvgIpc) is 3.25. The molecule has 0 radical (unpaired) electrons. The van der Waals surface area contributed by atoms with Crippen LogP contribution in [0.5, 0.6) is 0 Å². The SMILES string of the molecule is Cc1ccc(S(=O)(=O)[C@@H]2[C@@H](C(=O)O)[C@H]2c2ccc(Cl)cc2)cc1. The molecule has 0 saturated heterocycles. The van der Waals surface area contributed by atoms with Crippen molar-refractivity contribution in [2.75, 3.05) is 0 Å². The molecular weight excluding hydrogens is 336 g/mol. The fraction of sp³-hybridized carbons (Fsp3) is 0.235. The number of carbonyl (C=O) groups is 1. The molecule has 0 aliphatic heterocycles. The number of carboxylic acids is 1. The van der Waals surface area contributed by atoms with Crippen molar-refractivity contribution in [2.24, 2.45) is 5.92 Å². The van der Waals surface area contributed by atoms with Crippen LogP contribution in [0, 0.1) is 12.8 Å². The van der Waals surface area contributed by atoms with Gasteiger partial charge in [-0.1, -0.05) is 41.4 Å². The zero-order valence-corrected chi connectivity index (χ0v) is 13.9. The third kappa shape index (κ3) is 2.86. The van der Waals surface area contributed by atoms with Crippen LogP contribution < -0.4 is 0 Å². The predicted molar refractivity (Wildman–Crippen MR) is 87.5 cm³/mol. The van der Waals surface area contributed by atoms with Crippen LogP contribution in [0.4, 0.5) is 0 Å². The lowest BCUT2D eigenvalue weighted by molar-refractivity contribution is -0.138. The summed E-state index contributed by atoms with van der Waals surface area (Å²) in [6, 6.07) is 13.1. The van der Waals surface area contributed by atoms with Gasteiger partial charge in [-0.15, -0.1) is 0 Å². The van der Waals surface area contributed by atoms with Crippen LogP contribution in [-0.2, 0) is 14.6 Å². The molecule has 0 spiro atoms. The van der Waals surface area contributed by atoms with Crippen LogP contribution in [0.15, 0.2) is 53.4 Å². The van der Waals surface area contributed by atoms with Crippen LogP contribution in [0.3, 0.4) is 0 Å². The highest BCUT2D eigenvalue weighted by Crippen LogP contribution is 2.54. The molecule has 0 unspecified atom stereocenters. The van der Waals surface area contributed by atoms with Crippen molar-refractivity contribution in [3.63, 3.8) is 0 Å². The highest BCUT2D eigenvalue weighted by Gasteiger charge is 2.63. The molecule has 1 N–H and O–H groups in total. The Balaban J connectivity index is 1.98. The number of carboxylic acid groups (broad SMARTS) is 1. The quantitative estimate of drug-likeness (QED) is 0.918. The van der Waals surface area contributed by atoms with Crippen molar-refractivity contribution < 1.29 is 18.3 Å². The standard InChI is InChI=1S/C17H15ClO4S/c1-10-2-8-13(9-3-10)23(21,22)16-14(15(16)17(19)20)11-4-6-12(18)7-5-11/h2-9,14-16H,1H3,(H,19,20)/t14-,15+,16+/m1/s1. The van der Waals surface area contributed by atoms with Gasteiger partial charge in [0.2, 0.25) is 0 Å². The van der Waals surface area contributed by atoms with Crippen LogP contribution in [0.2, 0.25) is 5.02 Å². The minimum absolute atomic E-state index is 0.163. The van der Waals surface area contributed by atoms with Crippen molar-refractivity contribution in [1.82, 2.24) is 0 Å². The Morgan fingerprint density at radius 3 is 2.13 bits per heavy atom. The minimum Gasteiger partial charge on any atom is -0.481 e. The van der Waals surface area contributed by atoms with Gasteiger partial charge in [0.25, 0.3) is 0 Å². The van der Waals surface area contributed by atoms with Crippen LogP contribution in [0.25, 0.3) is 0 Å². The number of sulfone groups is 1. The van der Waals surface area contributed by atoms with Gasteiger partial charge in [0.05, 0.1) is 16.1 Å². The first kappa shape index (κ1) is 16.0. The Bertz CT molecular complexity index is 841. The largest absolute Gasteiger partial charge is 0.481 e. The maximum atomic E-state index is 12.8. The van der Waals surface area contributed by atoms with E-state index in [9.17, 15) is 18.3 Å². The molecule has 0 bridgehead atoms. The van der Waals surface area contributed by atoms with Gasteiger partial charge in [0, 0.05) is 10.9 Å². The molecule has 3 atom stereocenters. The molecule has 0 heterocycles. The molecule has 0 amide bonds. The fourth-order valence-electron chi connectivity index (χ4n) is 2.93. The van der Waals surface area contributed by atoms with Crippen LogP contribution in [0.1, 0.15) is 17.0 Å². The molecule has 0 aromatic heterocycles. The highest BCUT2D eigenvalue weighted by atomic mass is 35.5. The summed E-state index contributed by atoms with van der Waals surface area (Å²) in [6.07, 6.45) is 0. The molecule has 1 saturated carbocycles. The number of benzene rings is 2. The Morgan fingerprint density at radius 2 is 1.61 bits per heavy atom. The van der Waals surface area contributed by atoms with E-state index >= 15 is 0 Å². The number of rotatable bonds is 4. The van der Waals surface area contributed by atoms with Crippen molar-refractivity contribution in [3.8, 4) is 0 Å². The number of aliphatic carboxylic acids is 1. The zero-order chi connectivity index (χ0) is 16.8. The van der Waals surface area contributed by atoms with Crippen molar-refractivity contribution in [3.05, 3.63) is 64.7 Å². The van der Waals surface area contributed by atoms with E-state index in [2.05, 4.69) is 0 Å². The maximum Gasteiger partial charge on any atom is 0.308 e. The van der Waals surface area contributed by atoms with Crippen molar-refractivity contribution in [2.45, 2.75) is 23.0 Å². The molecule has 1 aliphatic carbocycles. The summed E-state index contributed by atoms with van der Waals surface area (Å²) in [6.45, 7) is 1.87. The number of aryl methyl sites for hydroxylation is 1. The van der Waals surface area contributed by atoms with E-state index in [1.165, 1.54) is 12.1 Å². The van der Waals surface area contributed by atoms with E-state index in [1.807, 2.05) is 6.92 Å². The summed E-state index contributed by atoms with van der Waals surface area (Å²) >= 11 is 5.84. The lowest BCUT2D eigenvalue weighted by atomic mass is 10.1. The molecular formula is C17H15ClO4S. The summed E-state index contributed by atoms with van der Waals surface area (Å²) < 4.78 is 25.6. The van der Waals surface area contributed by atoms with E-state index in [0.29, 0.717) is 10.6 Å². The lowest BCUT2D eigenvalue weighted by Crippen LogP contribution is -2.13. The second kappa shape index (κ2) is 5.65. The number of hydrogen-bond acceptors (Lipinski definition) is 3. The monoisotopic (exact) mass is 350 g/mol. The molecule has 4 nitrogen and oxygen atoms in total. The van der Waals surface area contributed by atoms with Crippen molar-refractivity contribution in [1.29, 1.82) is 0 Å². The van der Waals surface area contributed by atoms with E-state index in [1.54, 1.807) is 36.4 Å². The van der Waals surface area contributed by atoms with Gasteiger partial charge in [-0.2, -0.15) is 0 Å². The van der Waals surface area contributed by atoms with Gasteiger partial charge in [-0.3, -0.25) is 4.79 Å².